The van der Waals surface area contributed by atoms with E-state index in [9.17, 15) is 13.2 Å². The van der Waals surface area contributed by atoms with Crippen LogP contribution in [-0.4, -0.2) is 13.7 Å². The highest BCUT2D eigenvalue weighted by molar-refractivity contribution is 9.10. The summed E-state index contributed by atoms with van der Waals surface area (Å²) in [6, 6.07) is 2.35. The van der Waals surface area contributed by atoms with Gasteiger partial charge in [0.1, 0.15) is 0 Å². The molecular formula is C8H6BrF3O2. The van der Waals surface area contributed by atoms with Gasteiger partial charge in [-0.15, -0.1) is 0 Å². The number of benzene rings is 1. The number of ether oxygens (including phenoxy) is 2. The molecule has 0 fully saturated rings. The van der Waals surface area contributed by atoms with Crippen molar-refractivity contribution >= 4 is 15.9 Å². The number of alkyl halides is 2. The van der Waals surface area contributed by atoms with Gasteiger partial charge in [-0.05, 0) is 12.1 Å². The Hall–Kier alpha value is -0.910. The van der Waals surface area contributed by atoms with Crippen molar-refractivity contribution in [3.05, 3.63) is 22.4 Å². The Morgan fingerprint density at radius 2 is 2.00 bits per heavy atom. The summed E-state index contributed by atoms with van der Waals surface area (Å²) >= 11 is 2.99. The highest BCUT2D eigenvalue weighted by Crippen LogP contribution is 2.34. The van der Waals surface area contributed by atoms with Crippen LogP contribution < -0.4 is 9.47 Å². The van der Waals surface area contributed by atoms with E-state index in [-0.39, 0.29) is 5.75 Å². The van der Waals surface area contributed by atoms with E-state index < -0.39 is 18.2 Å². The first kappa shape index (κ1) is 11.2. The fraction of sp³-hybridized carbons (Fsp3) is 0.250. The normalized spacial score (nSPS) is 10.4. The predicted octanol–water partition coefficient (Wildman–Crippen LogP) is 3.20. The molecule has 0 heterocycles. The number of hydrogen-bond acceptors (Lipinski definition) is 2. The summed E-state index contributed by atoms with van der Waals surface area (Å²) < 4.78 is 45.8. The molecule has 6 heteroatoms. The lowest BCUT2D eigenvalue weighted by Gasteiger charge is -2.10. The van der Waals surface area contributed by atoms with Gasteiger partial charge in [0, 0.05) is 4.47 Å². The Bertz CT molecular complexity index is 331. The minimum absolute atomic E-state index is 0.0859. The van der Waals surface area contributed by atoms with Crippen molar-refractivity contribution in [3.8, 4) is 11.5 Å². The highest BCUT2D eigenvalue weighted by atomic mass is 79.9. The zero-order valence-electron chi connectivity index (χ0n) is 7.06. The molecule has 0 amide bonds. The highest BCUT2D eigenvalue weighted by Gasteiger charge is 2.16. The Morgan fingerprint density at radius 1 is 1.36 bits per heavy atom. The van der Waals surface area contributed by atoms with E-state index in [0.29, 0.717) is 4.47 Å². The lowest BCUT2D eigenvalue weighted by atomic mass is 10.3. The molecule has 0 atom stereocenters. The molecule has 0 radical (unpaired) electrons. The fourth-order valence-electron chi connectivity index (χ4n) is 0.892. The molecule has 1 rings (SSSR count). The molecule has 0 aliphatic heterocycles. The maximum Gasteiger partial charge on any atom is 0.387 e. The molecule has 0 saturated carbocycles. The Kier molecular flexibility index (Phi) is 3.62. The minimum atomic E-state index is -3.08. The van der Waals surface area contributed by atoms with E-state index in [1.54, 1.807) is 0 Å². The van der Waals surface area contributed by atoms with Gasteiger partial charge in [-0.1, -0.05) is 15.9 Å². The molecule has 1 aromatic rings. The number of halogens is 4. The van der Waals surface area contributed by atoms with Crippen molar-refractivity contribution in [1.29, 1.82) is 0 Å². The van der Waals surface area contributed by atoms with Gasteiger partial charge in [0.2, 0.25) is 5.75 Å². The van der Waals surface area contributed by atoms with Crippen LogP contribution in [0.25, 0.3) is 0 Å². The van der Waals surface area contributed by atoms with Crippen LogP contribution in [0.5, 0.6) is 11.5 Å². The van der Waals surface area contributed by atoms with Crippen molar-refractivity contribution in [1.82, 2.24) is 0 Å². The van der Waals surface area contributed by atoms with E-state index >= 15 is 0 Å². The topological polar surface area (TPSA) is 18.5 Å². The maximum absolute atomic E-state index is 13.1. The molecule has 0 aromatic heterocycles. The van der Waals surface area contributed by atoms with Gasteiger partial charge in [0.15, 0.2) is 11.6 Å². The molecule has 0 aliphatic carbocycles. The van der Waals surface area contributed by atoms with Gasteiger partial charge < -0.3 is 9.47 Å². The second kappa shape index (κ2) is 4.54. The summed E-state index contributed by atoms with van der Waals surface area (Å²) in [6.45, 7) is -3.08. The van der Waals surface area contributed by atoms with Crippen molar-refractivity contribution in [2.75, 3.05) is 7.11 Å². The van der Waals surface area contributed by atoms with Gasteiger partial charge in [0.25, 0.3) is 0 Å². The summed E-state index contributed by atoms with van der Waals surface area (Å²) in [5.41, 5.74) is 0. The van der Waals surface area contributed by atoms with Crippen molar-refractivity contribution < 1.29 is 22.6 Å². The Balaban J connectivity index is 3.11. The zero-order valence-corrected chi connectivity index (χ0v) is 8.65. The first-order chi connectivity index (χ1) is 6.54. The second-order valence-electron chi connectivity index (χ2n) is 2.30. The average Bonchev–Trinajstić information content (AvgIpc) is 2.08. The summed E-state index contributed by atoms with van der Waals surface area (Å²) in [5, 5.41) is 0. The van der Waals surface area contributed by atoms with Gasteiger partial charge in [-0.3, -0.25) is 0 Å². The van der Waals surface area contributed by atoms with Crippen molar-refractivity contribution in [2.45, 2.75) is 6.61 Å². The quantitative estimate of drug-likeness (QED) is 0.840. The van der Waals surface area contributed by atoms with Crippen molar-refractivity contribution in [3.63, 3.8) is 0 Å². The molecular weight excluding hydrogens is 265 g/mol. The van der Waals surface area contributed by atoms with Gasteiger partial charge >= 0.3 is 6.61 Å². The Morgan fingerprint density at radius 3 is 2.50 bits per heavy atom. The van der Waals surface area contributed by atoms with Crippen LogP contribution in [-0.2, 0) is 0 Å². The first-order valence-electron chi connectivity index (χ1n) is 3.52. The van der Waals surface area contributed by atoms with Crippen molar-refractivity contribution in [2.24, 2.45) is 0 Å². The SMILES string of the molecule is COc1cc(Br)cc(F)c1OC(F)F. The second-order valence-corrected chi connectivity index (χ2v) is 3.21. The number of hydrogen-bond donors (Lipinski definition) is 0. The molecule has 0 N–H and O–H groups in total. The molecule has 78 valence electrons. The van der Waals surface area contributed by atoms with Crippen LogP contribution in [0, 0.1) is 5.82 Å². The molecule has 0 bridgehead atoms. The molecule has 2 nitrogen and oxygen atoms in total. The molecule has 0 aliphatic rings. The number of methoxy groups -OCH3 is 1. The van der Waals surface area contributed by atoms with E-state index in [2.05, 4.69) is 25.4 Å². The fourth-order valence-corrected chi connectivity index (χ4v) is 1.30. The molecule has 0 unspecified atom stereocenters. The average molecular weight is 271 g/mol. The molecule has 14 heavy (non-hydrogen) atoms. The summed E-state index contributed by atoms with van der Waals surface area (Å²) in [5.74, 6) is -1.58. The van der Waals surface area contributed by atoms with E-state index in [0.717, 1.165) is 6.07 Å². The molecule has 0 spiro atoms. The first-order valence-corrected chi connectivity index (χ1v) is 4.31. The predicted molar refractivity (Wildman–Crippen MR) is 47.3 cm³/mol. The van der Waals surface area contributed by atoms with Crippen LogP contribution in [0.1, 0.15) is 0 Å². The van der Waals surface area contributed by atoms with Gasteiger partial charge in [-0.25, -0.2) is 4.39 Å². The zero-order chi connectivity index (χ0) is 10.7. The summed E-state index contributed by atoms with van der Waals surface area (Å²) in [6.07, 6.45) is 0. The number of rotatable bonds is 3. The summed E-state index contributed by atoms with van der Waals surface area (Å²) in [4.78, 5) is 0. The van der Waals surface area contributed by atoms with Gasteiger partial charge in [-0.2, -0.15) is 8.78 Å². The van der Waals surface area contributed by atoms with Crippen LogP contribution in [0.15, 0.2) is 16.6 Å². The van der Waals surface area contributed by atoms with E-state index in [4.69, 9.17) is 0 Å². The summed E-state index contributed by atoms with van der Waals surface area (Å²) in [7, 11) is 1.24. The standard InChI is InChI=1S/C8H6BrF3O2/c1-13-6-3-4(9)2-5(10)7(6)14-8(11)12/h2-3,8H,1H3. The lowest BCUT2D eigenvalue weighted by Crippen LogP contribution is -2.05. The van der Waals surface area contributed by atoms with Crippen LogP contribution >= 0.6 is 15.9 Å². The van der Waals surface area contributed by atoms with Crippen LogP contribution in [0.2, 0.25) is 0 Å². The monoisotopic (exact) mass is 270 g/mol. The Labute approximate surface area is 86.8 Å². The third-order valence-corrected chi connectivity index (χ3v) is 1.86. The third-order valence-electron chi connectivity index (χ3n) is 1.40. The van der Waals surface area contributed by atoms with Gasteiger partial charge in [0.05, 0.1) is 7.11 Å². The third kappa shape index (κ3) is 2.54. The molecule has 1 aromatic carbocycles. The lowest BCUT2D eigenvalue weighted by molar-refractivity contribution is -0.0536. The minimum Gasteiger partial charge on any atom is -0.493 e. The molecule has 0 saturated heterocycles. The van der Waals surface area contributed by atoms with E-state index in [1.807, 2.05) is 0 Å². The smallest absolute Gasteiger partial charge is 0.387 e. The largest absolute Gasteiger partial charge is 0.493 e. The van der Waals surface area contributed by atoms with Crippen LogP contribution in [0.3, 0.4) is 0 Å². The van der Waals surface area contributed by atoms with E-state index in [1.165, 1.54) is 13.2 Å². The maximum atomic E-state index is 13.1. The van der Waals surface area contributed by atoms with Crippen LogP contribution in [0.4, 0.5) is 13.2 Å².